The second-order valence-electron chi connectivity index (χ2n) is 9.45. The van der Waals surface area contributed by atoms with Gasteiger partial charge in [-0.25, -0.2) is 4.79 Å². The van der Waals surface area contributed by atoms with Gasteiger partial charge in [-0.3, -0.25) is 4.99 Å². The van der Waals surface area contributed by atoms with Crippen molar-refractivity contribution in [3.63, 3.8) is 0 Å². The molecular weight excluding hydrogens is 414 g/mol. The Labute approximate surface area is 189 Å². The van der Waals surface area contributed by atoms with E-state index in [9.17, 15) is 9.90 Å². The maximum absolute atomic E-state index is 12.2. The average molecular weight is 448 g/mol. The molecule has 31 heavy (non-hydrogen) atoms. The van der Waals surface area contributed by atoms with E-state index < -0.39 is 11.6 Å². The predicted octanol–water partition coefficient (Wildman–Crippen LogP) is 4.36. The highest BCUT2D eigenvalue weighted by atomic mass is 32.1. The Hall–Kier alpha value is -1.72. The fourth-order valence-electron chi connectivity index (χ4n) is 3.60. The van der Waals surface area contributed by atoms with Gasteiger partial charge in [0.05, 0.1) is 42.6 Å². The average Bonchev–Trinajstić information content (AvgIpc) is 3.39. The van der Waals surface area contributed by atoms with Crippen molar-refractivity contribution in [2.45, 2.75) is 64.6 Å². The van der Waals surface area contributed by atoms with Gasteiger partial charge in [0, 0.05) is 18.2 Å². The molecule has 3 rings (SSSR count). The van der Waals surface area contributed by atoms with Crippen LogP contribution in [0.2, 0.25) is 0 Å². The number of hydrogen-bond acceptors (Lipinski definition) is 7. The lowest BCUT2D eigenvalue weighted by Gasteiger charge is -2.35. The minimum atomic E-state index is -0.776. The van der Waals surface area contributed by atoms with Crippen molar-refractivity contribution in [2.75, 3.05) is 26.9 Å². The molecule has 1 N–H and O–H groups in total. The van der Waals surface area contributed by atoms with E-state index >= 15 is 0 Å². The molecule has 1 atom stereocenters. The number of aliphatic imine (C=N–C) groups is 1. The summed E-state index contributed by atoms with van der Waals surface area (Å²) in [6.45, 7) is 7.86. The molecule has 0 unspecified atom stereocenters. The van der Waals surface area contributed by atoms with E-state index in [0.29, 0.717) is 36.6 Å². The van der Waals surface area contributed by atoms with E-state index in [-0.39, 0.29) is 17.4 Å². The lowest BCUT2D eigenvalue weighted by molar-refractivity contribution is -0.0932. The highest BCUT2D eigenvalue weighted by Gasteiger charge is 2.34. The third-order valence-corrected chi connectivity index (χ3v) is 6.52. The molecule has 1 aliphatic carbocycles. The Balaban J connectivity index is 1.61. The molecule has 2 fully saturated rings. The zero-order valence-electron chi connectivity index (χ0n) is 18.9. The first-order chi connectivity index (χ1) is 14.7. The van der Waals surface area contributed by atoms with Gasteiger partial charge < -0.3 is 19.3 Å². The lowest BCUT2D eigenvalue weighted by Crippen LogP contribution is -2.40. The van der Waals surface area contributed by atoms with Gasteiger partial charge in [-0.15, -0.1) is 11.3 Å². The van der Waals surface area contributed by atoms with Crippen molar-refractivity contribution in [3.05, 3.63) is 15.8 Å². The number of rotatable bonds is 6. The van der Waals surface area contributed by atoms with Crippen molar-refractivity contribution in [2.24, 2.45) is 16.3 Å². The highest BCUT2D eigenvalue weighted by Crippen LogP contribution is 2.34. The normalized spacial score (nSPS) is 26.6. The SMILES string of the molecule is COC(=O)c1sc(C#CC(C)(C)C)cc1N=CC1CCC(O)(CO[C@H]2CCOC2)CC1. The van der Waals surface area contributed by atoms with Crippen LogP contribution in [0.4, 0.5) is 5.69 Å². The lowest BCUT2D eigenvalue weighted by atomic mass is 9.79. The Kier molecular flexibility index (Phi) is 7.92. The van der Waals surface area contributed by atoms with Gasteiger partial charge >= 0.3 is 5.97 Å². The molecule has 0 aromatic carbocycles. The van der Waals surface area contributed by atoms with E-state index in [1.165, 1.54) is 18.4 Å². The van der Waals surface area contributed by atoms with Crippen molar-refractivity contribution in [1.29, 1.82) is 0 Å². The van der Waals surface area contributed by atoms with Crippen LogP contribution in [0.25, 0.3) is 0 Å². The summed E-state index contributed by atoms with van der Waals surface area (Å²) in [5, 5.41) is 10.8. The summed E-state index contributed by atoms with van der Waals surface area (Å²) in [5.41, 5.74) is -0.297. The van der Waals surface area contributed by atoms with E-state index in [2.05, 4.69) is 16.8 Å². The zero-order valence-corrected chi connectivity index (χ0v) is 19.7. The summed E-state index contributed by atoms with van der Waals surface area (Å²) in [6.07, 6.45) is 5.92. The smallest absolute Gasteiger partial charge is 0.350 e. The molecule has 2 aliphatic rings. The maximum Gasteiger partial charge on any atom is 0.350 e. The van der Waals surface area contributed by atoms with Crippen molar-refractivity contribution in [1.82, 2.24) is 0 Å². The number of thiophene rings is 1. The van der Waals surface area contributed by atoms with E-state index in [1.807, 2.05) is 33.1 Å². The first kappa shape index (κ1) is 23.9. The Morgan fingerprint density at radius 3 is 2.74 bits per heavy atom. The Bertz CT molecular complexity index is 844. The number of esters is 1. The van der Waals surface area contributed by atoms with Gasteiger partial charge in [0.15, 0.2) is 0 Å². The standard InChI is InChI=1S/C24H33NO5S/c1-23(2,3)9-7-19-13-20(21(31-19)22(26)28-4)25-14-17-5-10-24(27,11-6-17)16-30-18-8-12-29-15-18/h13-14,17-18,27H,5-6,8,10-12,15-16H2,1-4H3/t17?,18-,24?/m0/s1. The fourth-order valence-corrected chi connectivity index (χ4v) is 4.48. The Morgan fingerprint density at radius 1 is 1.39 bits per heavy atom. The molecule has 1 saturated heterocycles. The van der Waals surface area contributed by atoms with Crippen LogP contribution in [0.1, 0.15) is 67.4 Å². The molecule has 170 valence electrons. The monoisotopic (exact) mass is 447 g/mol. The molecule has 0 radical (unpaired) electrons. The van der Waals surface area contributed by atoms with Gasteiger partial charge in [-0.2, -0.15) is 0 Å². The van der Waals surface area contributed by atoms with Crippen molar-refractivity contribution in [3.8, 4) is 11.8 Å². The zero-order chi connectivity index (χ0) is 22.5. The molecule has 1 aliphatic heterocycles. The molecule has 6 nitrogen and oxygen atoms in total. The Morgan fingerprint density at radius 2 is 2.13 bits per heavy atom. The third-order valence-electron chi connectivity index (χ3n) is 5.50. The third kappa shape index (κ3) is 7.15. The second kappa shape index (κ2) is 10.3. The van der Waals surface area contributed by atoms with Gasteiger partial charge in [0.2, 0.25) is 0 Å². The van der Waals surface area contributed by atoms with Crippen LogP contribution < -0.4 is 0 Å². The number of ether oxygens (including phenoxy) is 3. The van der Waals surface area contributed by atoms with Gasteiger partial charge in [-0.1, -0.05) is 11.8 Å². The number of methoxy groups -OCH3 is 1. The number of nitrogens with zero attached hydrogens (tertiary/aromatic N) is 1. The van der Waals surface area contributed by atoms with Crippen LogP contribution in [0.3, 0.4) is 0 Å². The maximum atomic E-state index is 12.2. The quantitative estimate of drug-likeness (QED) is 0.398. The predicted molar refractivity (Wildman–Crippen MR) is 122 cm³/mol. The van der Waals surface area contributed by atoms with Crippen LogP contribution in [-0.4, -0.2) is 55.9 Å². The summed E-state index contributed by atoms with van der Waals surface area (Å²) in [5.74, 6) is 6.19. The van der Waals surface area contributed by atoms with Crippen LogP contribution in [0.5, 0.6) is 0 Å². The molecule has 7 heteroatoms. The van der Waals surface area contributed by atoms with E-state index in [4.69, 9.17) is 14.2 Å². The van der Waals surface area contributed by atoms with Crippen LogP contribution in [0, 0.1) is 23.2 Å². The van der Waals surface area contributed by atoms with Gasteiger partial charge in [0.25, 0.3) is 0 Å². The minimum absolute atomic E-state index is 0.106. The number of carbonyl (C=O) groups excluding carboxylic acids is 1. The molecular formula is C24H33NO5S. The summed E-state index contributed by atoms with van der Waals surface area (Å²) >= 11 is 1.31. The number of carbonyl (C=O) groups is 1. The molecule has 0 bridgehead atoms. The molecule has 1 saturated carbocycles. The highest BCUT2D eigenvalue weighted by molar-refractivity contribution is 7.15. The summed E-state index contributed by atoms with van der Waals surface area (Å²) in [4.78, 5) is 18.1. The van der Waals surface area contributed by atoms with Crippen LogP contribution in [-0.2, 0) is 14.2 Å². The van der Waals surface area contributed by atoms with Crippen LogP contribution in [0.15, 0.2) is 11.1 Å². The fraction of sp³-hybridized carbons (Fsp3) is 0.667. The summed E-state index contributed by atoms with van der Waals surface area (Å²) in [6, 6.07) is 1.85. The topological polar surface area (TPSA) is 77.4 Å². The summed E-state index contributed by atoms with van der Waals surface area (Å²) in [7, 11) is 1.37. The largest absolute Gasteiger partial charge is 0.465 e. The van der Waals surface area contributed by atoms with Gasteiger partial charge in [-0.05, 0) is 64.9 Å². The number of hydrogen-bond donors (Lipinski definition) is 1. The van der Waals surface area contributed by atoms with Crippen molar-refractivity contribution < 1.29 is 24.1 Å². The molecule has 0 spiro atoms. The van der Waals surface area contributed by atoms with Crippen molar-refractivity contribution >= 4 is 29.2 Å². The molecule has 1 aromatic rings. The molecule has 2 heterocycles. The molecule has 0 amide bonds. The van der Waals surface area contributed by atoms with Crippen LogP contribution >= 0.6 is 11.3 Å². The first-order valence-electron chi connectivity index (χ1n) is 10.9. The van der Waals surface area contributed by atoms with E-state index in [0.717, 1.165) is 30.7 Å². The molecule has 1 aromatic heterocycles. The van der Waals surface area contributed by atoms with Gasteiger partial charge in [0.1, 0.15) is 4.88 Å². The number of aliphatic hydroxyl groups is 1. The first-order valence-corrected chi connectivity index (χ1v) is 11.7. The van der Waals surface area contributed by atoms with E-state index in [1.54, 1.807) is 0 Å². The minimum Gasteiger partial charge on any atom is -0.465 e. The second-order valence-corrected chi connectivity index (χ2v) is 10.5. The summed E-state index contributed by atoms with van der Waals surface area (Å²) < 4.78 is 16.1.